The maximum atomic E-state index is 11.4. The molecule has 1 amide bonds. The number of fused-ring (bicyclic) bond motifs is 1. The van der Waals surface area contributed by atoms with Gasteiger partial charge in [0.05, 0.1) is 11.6 Å². The average molecular weight is 290 g/mol. The minimum Gasteiger partial charge on any atom is -0.368 e. The Kier molecular flexibility index (Phi) is 5.31. The fraction of sp³-hybridized carbons (Fsp3) is 0.357. The molecule has 2 aromatic rings. The molecule has 0 spiro atoms. The lowest BCUT2D eigenvalue weighted by Gasteiger charge is -2.14. The molecule has 1 heterocycles. The van der Waals surface area contributed by atoms with Crippen molar-refractivity contribution in [1.29, 1.82) is 0 Å². The molecule has 0 saturated carbocycles. The van der Waals surface area contributed by atoms with E-state index >= 15 is 0 Å². The maximum absolute atomic E-state index is 11.4. The summed E-state index contributed by atoms with van der Waals surface area (Å²) < 4.78 is 0. The van der Waals surface area contributed by atoms with Gasteiger partial charge in [0.2, 0.25) is 5.91 Å². The van der Waals surface area contributed by atoms with Gasteiger partial charge >= 0.3 is 0 Å². The summed E-state index contributed by atoms with van der Waals surface area (Å²) in [5.41, 5.74) is 6.31. The zero-order valence-corrected chi connectivity index (χ0v) is 12.2. The fourth-order valence-corrected chi connectivity index (χ4v) is 2.87. The number of thioether (sulfide) groups is 1. The minimum atomic E-state index is -0.339. The highest BCUT2D eigenvalue weighted by atomic mass is 32.2. The average Bonchev–Trinajstić information content (AvgIpc) is 2.47. The Hall–Kier alpha value is -1.66. The van der Waals surface area contributed by atoms with Crippen molar-refractivity contribution >= 4 is 28.6 Å². The summed E-state index contributed by atoms with van der Waals surface area (Å²) in [6.45, 7) is 2.83. The second kappa shape index (κ2) is 7.21. The van der Waals surface area contributed by atoms with Gasteiger partial charge in [-0.15, -0.1) is 11.8 Å². The van der Waals surface area contributed by atoms with Gasteiger partial charge in [0.25, 0.3) is 0 Å². The van der Waals surface area contributed by atoms with Crippen LogP contribution in [-0.4, -0.2) is 34.2 Å². The topological polar surface area (TPSA) is 80.9 Å². The van der Waals surface area contributed by atoms with E-state index in [1.807, 2.05) is 24.3 Å². The molecule has 20 heavy (non-hydrogen) atoms. The van der Waals surface area contributed by atoms with Gasteiger partial charge in [-0.25, -0.2) is 9.97 Å². The van der Waals surface area contributed by atoms with E-state index in [0.717, 1.165) is 28.9 Å². The van der Waals surface area contributed by atoms with Crippen LogP contribution < -0.4 is 11.1 Å². The Morgan fingerprint density at radius 2 is 2.20 bits per heavy atom. The predicted octanol–water partition coefficient (Wildman–Crippen LogP) is 1.58. The first-order valence-corrected chi connectivity index (χ1v) is 7.56. The lowest BCUT2D eigenvalue weighted by atomic mass is 10.2. The number of carbonyl (C=O) groups is 1. The summed E-state index contributed by atoms with van der Waals surface area (Å²) >= 11 is 1.52. The van der Waals surface area contributed by atoms with Gasteiger partial charge in [-0.2, -0.15) is 0 Å². The Morgan fingerprint density at radius 1 is 1.40 bits per heavy atom. The molecule has 0 radical (unpaired) electrons. The van der Waals surface area contributed by atoms with Crippen molar-refractivity contribution in [3.8, 4) is 0 Å². The third-order valence-electron chi connectivity index (χ3n) is 2.88. The third-order valence-corrected chi connectivity index (χ3v) is 3.98. The summed E-state index contributed by atoms with van der Waals surface area (Å²) in [6, 6.07) is 7.49. The van der Waals surface area contributed by atoms with E-state index in [9.17, 15) is 4.79 Å². The molecule has 1 atom stereocenters. The fourth-order valence-electron chi connectivity index (χ4n) is 1.82. The van der Waals surface area contributed by atoms with Crippen molar-refractivity contribution in [2.75, 3.05) is 12.3 Å². The predicted molar refractivity (Wildman–Crippen MR) is 81.5 cm³/mol. The number of benzene rings is 1. The monoisotopic (exact) mass is 290 g/mol. The van der Waals surface area contributed by atoms with Gasteiger partial charge in [0.1, 0.15) is 11.4 Å². The molecule has 0 aliphatic carbocycles. The van der Waals surface area contributed by atoms with Crippen LogP contribution >= 0.6 is 11.8 Å². The lowest BCUT2D eigenvalue weighted by molar-refractivity contribution is -0.119. The zero-order valence-electron chi connectivity index (χ0n) is 11.4. The van der Waals surface area contributed by atoms with Crippen molar-refractivity contribution in [3.05, 3.63) is 30.6 Å². The summed E-state index contributed by atoms with van der Waals surface area (Å²) in [6.07, 6.45) is 2.51. The summed E-state index contributed by atoms with van der Waals surface area (Å²) in [7, 11) is 0. The van der Waals surface area contributed by atoms with E-state index in [-0.39, 0.29) is 11.9 Å². The van der Waals surface area contributed by atoms with Gasteiger partial charge in [-0.1, -0.05) is 25.1 Å². The van der Waals surface area contributed by atoms with Crippen molar-refractivity contribution in [1.82, 2.24) is 15.3 Å². The number of aromatic nitrogens is 2. The van der Waals surface area contributed by atoms with Crippen molar-refractivity contribution in [2.24, 2.45) is 5.73 Å². The number of para-hydroxylation sites is 1. The molecule has 0 aliphatic rings. The quantitative estimate of drug-likeness (QED) is 0.597. The Balaban J connectivity index is 2.09. The highest BCUT2D eigenvalue weighted by Gasteiger charge is 2.15. The summed E-state index contributed by atoms with van der Waals surface area (Å²) in [5, 5.41) is 5.02. The van der Waals surface area contributed by atoms with Crippen molar-refractivity contribution < 1.29 is 4.79 Å². The smallest absolute Gasteiger partial charge is 0.235 e. The number of carbonyl (C=O) groups excluding carboxylic acids is 1. The molecule has 0 saturated heterocycles. The van der Waals surface area contributed by atoms with Gasteiger partial charge in [-0.05, 0) is 19.0 Å². The van der Waals surface area contributed by atoms with Crippen LogP contribution in [0.3, 0.4) is 0 Å². The van der Waals surface area contributed by atoms with Crippen LogP contribution in [0.1, 0.15) is 13.3 Å². The molecule has 5 nitrogen and oxygen atoms in total. The van der Waals surface area contributed by atoms with E-state index in [1.54, 1.807) is 6.33 Å². The summed E-state index contributed by atoms with van der Waals surface area (Å²) in [4.78, 5) is 19.9. The van der Waals surface area contributed by atoms with Crippen LogP contribution in [-0.2, 0) is 4.79 Å². The third kappa shape index (κ3) is 3.68. The SMILES string of the molecule is CCCNC(CSc1ncnc2ccccc12)C(N)=O. The number of nitrogens with two attached hydrogens (primary N) is 1. The second-order valence-corrected chi connectivity index (χ2v) is 5.42. The van der Waals surface area contributed by atoms with E-state index in [0.29, 0.717) is 5.75 Å². The normalized spacial score (nSPS) is 12.4. The van der Waals surface area contributed by atoms with Crippen LogP contribution in [0.15, 0.2) is 35.6 Å². The molecule has 3 N–H and O–H groups in total. The molecule has 0 aliphatic heterocycles. The maximum Gasteiger partial charge on any atom is 0.235 e. The highest BCUT2D eigenvalue weighted by Crippen LogP contribution is 2.24. The van der Waals surface area contributed by atoms with Crippen LogP contribution in [0.25, 0.3) is 10.9 Å². The Labute approximate surface area is 122 Å². The molecule has 106 valence electrons. The first-order valence-electron chi connectivity index (χ1n) is 6.57. The number of nitrogens with zero attached hydrogens (tertiary/aromatic N) is 2. The molecule has 0 fully saturated rings. The molecular formula is C14H18N4OS. The molecule has 6 heteroatoms. The van der Waals surface area contributed by atoms with Gasteiger partial charge < -0.3 is 11.1 Å². The van der Waals surface area contributed by atoms with Crippen LogP contribution in [0.4, 0.5) is 0 Å². The molecule has 1 aromatic heterocycles. The molecule has 0 bridgehead atoms. The first kappa shape index (κ1) is 14.7. The number of hydrogen-bond donors (Lipinski definition) is 2. The number of nitrogens with one attached hydrogen (secondary N) is 1. The van der Waals surface area contributed by atoms with E-state index in [2.05, 4.69) is 22.2 Å². The number of primary amides is 1. The zero-order chi connectivity index (χ0) is 14.4. The lowest BCUT2D eigenvalue weighted by Crippen LogP contribution is -2.43. The van der Waals surface area contributed by atoms with Gasteiger partial charge in [0, 0.05) is 11.1 Å². The highest BCUT2D eigenvalue weighted by molar-refractivity contribution is 7.99. The minimum absolute atomic E-state index is 0.329. The molecular weight excluding hydrogens is 272 g/mol. The molecule has 2 rings (SSSR count). The summed E-state index contributed by atoms with van der Waals surface area (Å²) in [5.74, 6) is 0.236. The van der Waals surface area contributed by atoms with E-state index < -0.39 is 0 Å². The van der Waals surface area contributed by atoms with Crippen LogP contribution in [0.2, 0.25) is 0 Å². The number of hydrogen-bond acceptors (Lipinski definition) is 5. The van der Waals surface area contributed by atoms with E-state index in [1.165, 1.54) is 11.8 Å². The van der Waals surface area contributed by atoms with Gasteiger partial charge in [-0.3, -0.25) is 4.79 Å². The van der Waals surface area contributed by atoms with E-state index in [4.69, 9.17) is 5.73 Å². The standard InChI is InChI=1S/C14H18N4OS/c1-2-7-16-12(13(15)19)8-20-14-10-5-3-4-6-11(10)17-9-18-14/h3-6,9,12,16H,2,7-8H2,1H3,(H2,15,19). The Bertz CT molecular complexity index is 585. The van der Waals surface area contributed by atoms with Gasteiger partial charge in [0.15, 0.2) is 0 Å². The Morgan fingerprint density at radius 3 is 2.95 bits per heavy atom. The second-order valence-electron chi connectivity index (χ2n) is 4.42. The first-order chi connectivity index (χ1) is 9.72. The largest absolute Gasteiger partial charge is 0.368 e. The van der Waals surface area contributed by atoms with Crippen molar-refractivity contribution in [2.45, 2.75) is 24.4 Å². The number of rotatable bonds is 7. The molecule has 1 unspecified atom stereocenters. The number of amides is 1. The van der Waals surface area contributed by atoms with Crippen LogP contribution in [0.5, 0.6) is 0 Å². The van der Waals surface area contributed by atoms with Crippen molar-refractivity contribution in [3.63, 3.8) is 0 Å². The molecule has 1 aromatic carbocycles. The van der Waals surface area contributed by atoms with Crippen LogP contribution in [0, 0.1) is 0 Å².